The third-order valence-electron chi connectivity index (χ3n) is 3.95. The van der Waals surface area contributed by atoms with Gasteiger partial charge in [-0.15, -0.1) is 0 Å². The molecule has 4 nitrogen and oxygen atoms in total. The number of aryl methyl sites for hydroxylation is 1. The smallest absolute Gasteiger partial charge is 0.274 e. The molecular formula is C21H21N3O. The summed E-state index contributed by atoms with van der Waals surface area (Å²) < 4.78 is 0. The summed E-state index contributed by atoms with van der Waals surface area (Å²) >= 11 is 0. The molecule has 0 fully saturated rings. The minimum atomic E-state index is -0.215. The number of carbonyl (C=O) groups excluding carboxylic acids is 1. The van der Waals surface area contributed by atoms with Crippen LogP contribution in [0.1, 0.15) is 34.6 Å². The summed E-state index contributed by atoms with van der Waals surface area (Å²) in [6.45, 7) is 4.08. The second-order valence-corrected chi connectivity index (χ2v) is 6.03. The van der Waals surface area contributed by atoms with E-state index in [9.17, 15) is 4.79 Å². The average Bonchev–Trinajstić information content (AvgIpc) is 2.63. The number of nitrogens with one attached hydrogen (secondary N) is 2. The Balaban J connectivity index is 1.64. The molecule has 0 spiro atoms. The molecule has 0 aliphatic carbocycles. The van der Waals surface area contributed by atoms with E-state index in [1.165, 1.54) is 5.56 Å². The van der Waals surface area contributed by atoms with Crippen LogP contribution in [-0.2, 0) is 0 Å². The Morgan fingerprint density at radius 3 is 2.44 bits per heavy atom. The number of nitrogens with zero attached hydrogens (tertiary/aromatic N) is 1. The molecule has 0 aliphatic heterocycles. The average molecular weight is 331 g/mol. The van der Waals surface area contributed by atoms with Crippen molar-refractivity contribution >= 4 is 17.3 Å². The van der Waals surface area contributed by atoms with Crippen molar-refractivity contribution < 1.29 is 4.79 Å². The summed E-state index contributed by atoms with van der Waals surface area (Å²) in [5, 5.41) is 6.25. The minimum Gasteiger partial charge on any atom is -0.377 e. The van der Waals surface area contributed by atoms with E-state index >= 15 is 0 Å². The third kappa shape index (κ3) is 4.44. The van der Waals surface area contributed by atoms with Gasteiger partial charge in [0.25, 0.3) is 5.91 Å². The van der Waals surface area contributed by atoms with Crippen LogP contribution >= 0.6 is 0 Å². The van der Waals surface area contributed by atoms with E-state index in [0.717, 1.165) is 16.9 Å². The van der Waals surface area contributed by atoms with Gasteiger partial charge in [0.2, 0.25) is 0 Å². The highest BCUT2D eigenvalue weighted by atomic mass is 16.1. The molecular weight excluding hydrogens is 310 g/mol. The van der Waals surface area contributed by atoms with E-state index in [2.05, 4.69) is 34.7 Å². The minimum absolute atomic E-state index is 0.162. The van der Waals surface area contributed by atoms with Gasteiger partial charge in [-0.3, -0.25) is 4.79 Å². The van der Waals surface area contributed by atoms with Gasteiger partial charge in [0, 0.05) is 11.7 Å². The summed E-state index contributed by atoms with van der Waals surface area (Å²) in [7, 11) is 0. The van der Waals surface area contributed by atoms with Crippen LogP contribution in [-0.4, -0.2) is 10.9 Å². The highest BCUT2D eigenvalue weighted by molar-refractivity contribution is 6.02. The van der Waals surface area contributed by atoms with Gasteiger partial charge in [-0.2, -0.15) is 0 Å². The lowest BCUT2D eigenvalue weighted by Crippen LogP contribution is -2.14. The number of pyridine rings is 1. The van der Waals surface area contributed by atoms with Crippen LogP contribution in [0.15, 0.2) is 72.9 Å². The van der Waals surface area contributed by atoms with E-state index < -0.39 is 0 Å². The number of anilines is 2. The number of hydrogen-bond donors (Lipinski definition) is 2. The number of hydrogen-bond acceptors (Lipinski definition) is 3. The summed E-state index contributed by atoms with van der Waals surface area (Å²) in [6.07, 6.45) is 1.69. The maximum Gasteiger partial charge on any atom is 0.274 e. The summed E-state index contributed by atoms with van der Waals surface area (Å²) in [6, 6.07) is 21.6. The van der Waals surface area contributed by atoms with E-state index in [1.807, 2.05) is 55.5 Å². The number of rotatable bonds is 5. The van der Waals surface area contributed by atoms with Gasteiger partial charge >= 0.3 is 0 Å². The lowest BCUT2D eigenvalue weighted by Gasteiger charge is -2.15. The zero-order valence-corrected chi connectivity index (χ0v) is 14.4. The van der Waals surface area contributed by atoms with Crippen LogP contribution in [0.25, 0.3) is 0 Å². The SMILES string of the molecule is Cc1cccc(NC(=O)c2ccc(NC(C)c3ccccc3)cn2)c1. The van der Waals surface area contributed by atoms with Crippen LogP contribution in [0.4, 0.5) is 11.4 Å². The van der Waals surface area contributed by atoms with Gasteiger partial charge in [-0.25, -0.2) is 4.98 Å². The Bertz CT molecular complexity index is 845. The number of aromatic nitrogens is 1. The second-order valence-electron chi connectivity index (χ2n) is 6.03. The maximum atomic E-state index is 12.3. The molecule has 1 amide bonds. The predicted molar refractivity (Wildman–Crippen MR) is 102 cm³/mol. The van der Waals surface area contributed by atoms with Crippen LogP contribution in [0, 0.1) is 6.92 Å². The fourth-order valence-electron chi connectivity index (χ4n) is 2.61. The van der Waals surface area contributed by atoms with E-state index in [1.54, 1.807) is 12.3 Å². The molecule has 1 aromatic heterocycles. The molecule has 0 bridgehead atoms. The summed E-state index contributed by atoms with van der Waals surface area (Å²) in [5.41, 5.74) is 4.33. The van der Waals surface area contributed by atoms with Gasteiger partial charge < -0.3 is 10.6 Å². The van der Waals surface area contributed by atoms with Crippen molar-refractivity contribution in [1.29, 1.82) is 0 Å². The van der Waals surface area contributed by atoms with Crippen LogP contribution < -0.4 is 10.6 Å². The standard InChI is InChI=1S/C21H21N3O/c1-15-7-6-10-18(13-15)24-21(25)20-12-11-19(14-22-20)23-16(2)17-8-4-3-5-9-17/h3-14,16,23H,1-2H3,(H,24,25). The summed E-state index contributed by atoms with van der Waals surface area (Å²) in [5.74, 6) is -0.215. The molecule has 0 radical (unpaired) electrons. The molecule has 0 aliphatic rings. The number of carbonyl (C=O) groups is 1. The normalized spacial score (nSPS) is 11.6. The van der Waals surface area contributed by atoms with E-state index in [-0.39, 0.29) is 11.9 Å². The predicted octanol–water partition coefficient (Wildman–Crippen LogP) is 4.82. The Hall–Kier alpha value is -3.14. The highest BCUT2D eigenvalue weighted by Crippen LogP contribution is 2.18. The molecule has 0 saturated carbocycles. The molecule has 3 aromatic rings. The van der Waals surface area contributed by atoms with Crippen molar-refractivity contribution in [2.45, 2.75) is 19.9 Å². The van der Waals surface area contributed by atoms with E-state index in [0.29, 0.717) is 5.69 Å². The molecule has 1 atom stereocenters. The van der Waals surface area contributed by atoms with E-state index in [4.69, 9.17) is 0 Å². The number of amides is 1. The Kier molecular flexibility index (Phi) is 5.09. The first-order valence-electron chi connectivity index (χ1n) is 8.27. The van der Waals surface area contributed by atoms with Crippen LogP contribution in [0.2, 0.25) is 0 Å². The zero-order valence-electron chi connectivity index (χ0n) is 14.4. The highest BCUT2D eigenvalue weighted by Gasteiger charge is 2.09. The summed E-state index contributed by atoms with van der Waals surface area (Å²) in [4.78, 5) is 16.6. The first-order chi connectivity index (χ1) is 12.1. The van der Waals surface area contributed by atoms with Crippen molar-refractivity contribution in [3.05, 3.63) is 89.7 Å². The van der Waals surface area contributed by atoms with Crippen LogP contribution in [0.3, 0.4) is 0 Å². The lowest BCUT2D eigenvalue weighted by atomic mass is 10.1. The molecule has 1 heterocycles. The Labute approximate surface area is 147 Å². The first kappa shape index (κ1) is 16.7. The van der Waals surface area contributed by atoms with Gasteiger partial charge in [-0.1, -0.05) is 42.5 Å². The van der Waals surface area contributed by atoms with Crippen molar-refractivity contribution in [2.75, 3.05) is 10.6 Å². The first-order valence-corrected chi connectivity index (χ1v) is 8.27. The molecule has 1 unspecified atom stereocenters. The van der Waals surface area contributed by atoms with Gasteiger partial charge in [0.15, 0.2) is 0 Å². The Morgan fingerprint density at radius 1 is 0.960 bits per heavy atom. The quantitative estimate of drug-likeness (QED) is 0.705. The molecule has 3 rings (SSSR count). The second kappa shape index (κ2) is 7.62. The van der Waals surface area contributed by atoms with Gasteiger partial charge in [0.1, 0.15) is 5.69 Å². The van der Waals surface area contributed by atoms with Crippen molar-refractivity contribution in [1.82, 2.24) is 4.98 Å². The molecule has 25 heavy (non-hydrogen) atoms. The fraction of sp³-hybridized carbons (Fsp3) is 0.143. The van der Waals surface area contributed by atoms with Crippen LogP contribution in [0.5, 0.6) is 0 Å². The molecule has 126 valence electrons. The molecule has 2 N–H and O–H groups in total. The fourth-order valence-corrected chi connectivity index (χ4v) is 2.61. The third-order valence-corrected chi connectivity index (χ3v) is 3.95. The Morgan fingerprint density at radius 2 is 1.76 bits per heavy atom. The van der Waals surface area contributed by atoms with Crippen molar-refractivity contribution in [2.24, 2.45) is 0 Å². The lowest BCUT2D eigenvalue weighted by molar-refractivity contribution is 0.102. The number of benzene rings is 2. The molecule has 0 saturated heterocycles. The molecule has 4 heteroatoms. The molecule has 2 aromatic carbocycles. The maximum absolute atomic E-state index is 12.3. The van der Waals surface area contributed by atoms with Crippen molar-refractivity contribution in [3.8, 4) is 0 Å². The van der Waals surface area contributed by atoms with Gasteiger partial charge in [-0.05, 0) is 49.2 Å². The van der Waals surface area contributed by atoms with Gasteiger partial charge in [0.05, 0.1) is 11.9 Å². The monoisotopic (exact) mass is 331 g/mol. The topological polar surface area (TPSA) is 54.0 Å². The zero-order chi connectivity index (χ0) is 17.6. The van der Waals surface area contributed by atoms with Crippen molar-refractivity contribution in [3.63, 3.8) is 0 Å². The largest absolute Gasteiger partial charge is 0.377 e.